The molecule has 40 heavy (non-hydrogen) atoms. The van der Waals surface area contributed by atoms with Crippen LogP contribution < -0.4 is 15.2 Å². The summed E-state index contributed by atoms with van der Waals surface area (Å²) in [5, 5.41) is 11.2. The van der Waals surface area contributed by atoms with E-state index in [4.69, 9.17) is 19.9 Å². The van der Waals surface area contributed by atoms with Crippen molar-refractivity contribution in [1.82, 2.24) is 4.90 Å². The van der Waals surface area contributed by atoms with Crippen LogP contribution in [0.15, 0.2) is 18.2 Å². The molecule has 0 spiro atoms. The normalized spacial score (nSPS) is 23.7. The molecule has 3 saturated heterocycles. The highest BCUT2D eigenvalue weighted by Gasteiger charge is 2.37. The summed E-state index contributed by atoms with van der Waals surface area (Å²) in [4.78, 5) is 16.0. The van der Waals surface area contributed by atoms with Gasteiger partial charge in [-0.05, 0) is 92.5 Å². The molecule has 3 fully saturated rings. The minimum Gasteiger partial charge on any atom is -0.493 e. The first-order valence-electron chi connectivity index (χ1n) is 15.6. The number of hydrogen-bond acceptors (Lipinski definition) is 7. The number of methoxy groups -OCH3 is 2. The summed E-state index contributed by atoms with van der Waals surface area (Å²) in [5.41, 5.74) is 7.80. The quantitative estimate of drug-likeness (QED) is 0.245. The molecule has 0 aromatic heterocycles. The van der Waals surface area contributed by atoms with Crippen LogP contribution in [0.2, 0.25) is 0 Å². The molecule has 3 aliphatic rings. The maximum Gasteiger partial charge on any atom is 0.161 e. The van der Waals surface area contributed by atoms with Gasteiger partial charge in [0.1, 0.15) is 5.78 Å². The first-order chi connectivity index (χ1) is 19.1. The van der Waals surface area contributed by atoms with E-state index in [2.05, 4.69) is 44.7 Å². The molecule has 3 aliphatic heterocycles. The van der Waals surface area contributed by atoms with Gasteiger partial charge >= 0.3 is 0 Å². The fourth-order valence-electron chi connectivity index (χ4n) is 6.69. The summed E-state index contributed by atoms with van der Waals surface area (Å²) in [6.45, 7) is 13.3. The van der Waals surface area contributed by atoms with Crippen LogP contribution in [0.4, 0.5) is 0 Å². The summed E-state index contributed by atoms with van der Waals surface area (Å²) in [5.74, 6) is 3.68. The molecule has 3 N–H and O–H groups in total. The number of benzene rings is 1. The molecule has 0 amide bonds. The summed E-state index contributed by atoms with van der Waals surface area (Å²) >= 11 is 0. The fourth-order valence-corrected chi connectivity index (χ4v) is 6.69. The standard InChI is InChI=1S/C33H56N2O5/c1-22(2)26(16-24-8-9-32(39-6)33(17-24)40-15-7-14-38-5)18-29(34)31(37)20-28(23(3)4)30(36)19-27-21-35-12-10-25(27)11-13-35/h8-9,17,22-23,25-29,31,37H,7,10-16,18-21,34H2,1-6H3/t26-,27?,28-,29-,31-/m0/s1. The first kappa shape index (κ1) is 32.8. The zero-order chi connectivity index (χ0) is 29.2. The van der Waals surface area contributed by atoms with Crippen LogP contribution in [0.3, 0.4) is 0 Å². The zero-order valence-corrected chi connectivity index (χ0v) is 25.9. The van der Waals surface area contributed by atoms with Crippen LogP contribution in [0.5, 0.6) is 11.5 Å². The summed E-state index contributed by atoms with van der Waals surface area (Å²) < 4.78 is 16.6. The third-order valence-corrected chi connectivity index (χ3v) is 9.46. The van der Waals surface area contributed by atoms with Gasteiger partial charge in [0.15, 0.2) is 11.5 Å². The number of nitrogens with two attached hydrogens (primary N) is 1. The van der Waals surface area contributed by atoms with Crippen molar-refractivity contribution >= 4 is 5.78 Å². The molecule has 4 rings (SSSR count). The van der Waals surface area contributed by atoms with Crippen molar-refractivity contribution in [2.24, 2.45) is 41.2 Å². The van der Waals surface area contributed by atoms with E-state index < -0.39 is 6.10 Å². The largest absolute Gasteiger partial charge is 0.493 e. The number of aliphatic hydroxyl groups excluding tert-OH is 1. The molecule has 7 heteroatoms. The smallest absolute Gasteiger partial charge is 0.161 e. The van der Waals surface area contributed by atoms with Crippen molar-refractivity contribution in [2.45, 2.75) is 84.8 Å². The number of carbonyl (C=O) groups is 1. The van der Waals surface area contributed by atoms with Gasteiger partial charge in [0.2, 0.25) is 0 Å². The van der Waals surface area contributed by atoms with Crippen molar-refractivity contribution < 1.29 is 24.1 Å². The van der Waals surface area contributed by atoms with Crippen LogP contribution in [0.1, 0.15) is 71.8 Å². The van der Waals surface area contributed by atoms with Crippen LogP contribution in [0.25, 0.3) is 0 Å². The highest BCUT2D eigenvalue weighted by molar-refractivity contribution is 5.81. The maximum absolute atomic E-state index is 13.5. The fraction of sp³-hybridized carbons (Fsp3) is 0.788. The van der Waals surface area contributed by atoms with Crippen molar-refractivity contribution in [3.63, 3.8) is 0 Å². The molecule has 0 radical (unpaired) electrons. The number of carbonyl (C=O) groups excluding carboxylic acids is 1. The Labute approximate surface area is 243 Å². The topological polar surface area (TPSA) is 94.2 Å². The van der Waals surface area contributed by atoms with Gasteiger partial charge in [-0.2, -0.15) is 0 Å². The van der Waals surface area contributed by atoms with Gasteiger partial charge in [0.05, 0.1) is 19.8 Å². The van der Waals surface area contributed by atoms with E-state index in [-0.39, 0.29) is 17.9 Å². The Morgan fingerprint density at radius 3 is 2.35 bits per heavy atom. The molecule has 1 aromatic rings. The Morgan fingerprint density at radius 1 is 1.05 bits per heavy atom. The summed E-state index contributed by atoms with van der Waals surface area (Å²) in [7, 11) is 3.34. The third kappa shape index (κ3) is 9.43. The number of Topliss-reactive ketones (excluding diaryl/α,β-unsaturated/α-hetero) is 1. The third-order valence-electron chi connectivity index (χ3n) is 9.46. The van der Waals surface area contributed by atoms with Gasteiger partial charge in [0, 0.05) is 45.1 Å². The van der Waals surface area contributed by atoms with E-state index in [0.717, 1.165) is 36.4 Å². The Kier molecular flexibility index (Phi) is 13.2. The van der Waals surface area contributed by atoms with Crippen LogP contribution in [-0.2, 0) is 16.0 Å². The summed E-state index contributed by atoms with van der Waals surface area (Å²) in [6.07, 6.45) is 5.20. The molecule has 5 atom stereocenters. The second-order valence-corrected chi connectivity index (χ2v) is 13.0. The van der Waals surface area contributed by atoms with E-state index in [0.29, 0.717) is 61.9 Å². The van der Waals surface area contributed by atoms with Crippen molar-refractivity contribution in [2.75, 3.05) is 47.1 Å². The number of aliphatic hydroxyl groups is 1. The highest BCUT2D eigenvalue weighted by Crippen LogP contribution is 2.36. The van der Waals surface area contributed by atoms with Crippen LogP contribution in [-0.4, -0.2) is 75.0 Å². The second-order valence-electron chi connectivity index (χ2n) is 13.0. The van der Waals surface area contributed by atoms with E-state index >= 15 is 0 Å². The van der Waals surface area contributed by atoms with Gasteiger partial charge in [-0.3, -0.25) is 4.79 Å². The lowest BCUT2D eigenvalue weighted by molar-refractivity contribution is -0.128. The second kappa shape index (κ2) is 16.1. The summed E-state index contributed by atoms with van der Waals surface area (Å²) in [6, 6.07) is 5.73. The predicted octanol–water partition coefficient (Wildman–Crippen LogP) is 4.97. The maximum atomic E-state index is 13.5. The molecule has 228 valence electrons. The van der Waals surface area contributed by atoms with Crippen LogP contribution in [0, 0.1) is 35.5 Å². The lowest BCUT2D eigenvalue weighted by Gasteiger charge is -2.45. The van der Waals surface area contributed by atoms with Crippen molar-refractivity contribution in [3.8, 4) is 11.5 Å². The zero-order valence-electron chi connectivity index (χ0n) is 25.9. The molecule has 1 aromatic carbocycles. The van der Waals surface area contributed by atoms with E-state index in [1.807, 2.05) is 6.07 Å². The van der Waals surface area contributed by atoms with Crippen molar-refractivity contribution in [3.05, 3.63) is 23.8 Å². The molecule has 0 saturated carbocycles. The molecule has 7 nitrogen and oxygen atoms in total. The van der Waals surface area contributed by atoms with Gasteiger partial charge in [-0.25, -0.2) is 0 Å². The molecule has 1 unspecified atom stereocenters. The monoisotopic (exact) mass is 560 g/mol. The highest BCUT2D eigenvalue weighted by atomic mass is 16.5. The van der Waals surface area contributed by atoms with Crippen LogP contribution >= 0.6 is 0 Å². The number of ether oxygens (including phenoxy) is 3. The Morgan fingerprint density at radius 2 is 1.77 bits per heavy atom. The van der Waals surface area contributed by atoms with Crippen molar-refractivity contribution in [1.29, 1.82) is 0 Å². The van der Waals surface area contributed by atoms with Gasteiger partial charge in [0.25, 0.3) is 0 Å². The minimum atomic E-state index is -0.695. The Balaban J connectivity index is 1.58. The molecule has 3 heterocycles. The molecule has 2 bridgehead atoms. The Bertz CT molecular complexity index is 899. The number of rotatable bonds is 18. The SMILES string of the molecule is COCCCOc1cc(C[C@@H](C[C@H](N)[C@@H](O)C[C@H](C(=O)CC2CN3CCC2CC3)C(C)C)C(C)C)ccc1OC. The molecular weight excluding hydrogens is 504 g/mol. The lowest BCUT2D eigenvalue weighted by atomic mass is 9.73. The minimum absolute atomic E-state index is 0.145. The molecule has 0 aliphatic carbocycles. The van der Waals surface area contributed by atoms with E-state index in [1.165, 1.54) is 25.9 Å². The number of hydrogen-bond donors (Lipinski definition) is 2. The number of ketones is 1. The number of fused-ring (bicyclic) bond motifs is 3. The van der Waals surface area contributed by atoms with Gasteiger partial charge < -0.3 is 30.0 Å². The van der Waals surface area contributed by atoms with E-state index in [9.17, 15) is 9.90 Å². The Hall–Kier alpha value is -1.67. The average molecular weight is 561 g/mol. The first-order valence-corrected chi connectivity index (χ1v) is 15.6. The van der Waals surface area contributed by atoms with Gasteiger partial charge in [-0.15, -0.1) is 0 Å². The lowest BCUT2D eigenvalue weighted by Crippen LogP contribution is -2.48. The van der Waals surface area contributed by atoms with E-state index in [1.54, 1.807) is 14.2 Å². The molecular formula is C33H56N2O5. The number of piperidine rings is 3. The number of nitrogens with zero attached hydrogens (tertiary/aromatic N) is 1. The predicted molar refractivity (Wildman–Crippen MR) is 161 cm³/mol. The average Bonchev–Trinajstić information content (AvgIpc) is 2.94. The van der Waals surface area contributed by atoms with Gasteiger partial charge in [-0.1, -0.05) is 33.8 Å².